The Kier molecular flexibility index (Phi) is 4.32. The Morgan fingerprint density at radius 3 is 2.60 bits per heavy atom. The summed E-state index contributed by atoms with van der Waals surface area (Å²) in [4.78, 5) is 11.6. The topological polar surface area (TPSA) is 93.1 Å². The first kappa shape index (κ1) is 17.5. The fourth-order valence-electron chi connectivity index (χ4n) is 3.03. The van der Waals surface area contributed by atoms with E-state index in [1.165, 1.54) is 6.07 Å². The third-order valence-electron chi connectivity index (χ3n) is 4.33. The molecule has 1 aromatic heterocycles. The maximum atomic E-state index is 12.8. The van der Waals surface area contributed by atoms with Gasteiger partial charge in [0.25, 0.3) is 10.0 Å². The summed E-state index contributed by atoms with van der Waals surface area (Å²) in [5.74, 6) is -0.0476. The van der Waals surface area contributed by atoms with Crippen molar-refractivity contribution in [3.05, 3.63) is 35.2 Å². The fraction of sp³-hybridized carbons (Fsp3) is 0.412. The largest absolute Gasteiger partial charge is 0.326 e. The highest BCUT2D eigenvalue weighted by Gasteiger charge is 2.23. The molecule has 7 nitrogen and oxygen atoms in total. The Bertz CT molecular complexity index is 945. The lowest BCUT2D eigenvalue weighted by Crippen LogP contribution is -2.20. The monoisotopic (exact) mass is 362 g/mol. The Morgan fingerprint density at radius 1 is 1.24 bits per heavy atom. The molecule has 134 valence electrons. The number of benzene rings is 1. The van der Waals surface area contributed by atoms with Gasteiger partial charge >= 0.3 is 0 Å². The second kappa shape index (κ2) is 6.18. The van der Waals surface area contributed by atoms with Crippen LogP contribution in [-0.2, 0) is 21.2 Å². The second-order valence-electron chi connectivity index (χ2n) is 6.56. The predicted molar refractivity (Wildman–Crippen MR) is 96.3 cm³/mol. The van der Waals surface area contributed by atoms with E-state index in [-0.39, 0.29) is 16.8 Å². The molecule has 0 saturated heterocycles. The summed E-state index contributed by atoms with van der Waals surface area (Å²) < 4.78 is 30.1. The molecular weight excluding hydrogens is 340 g/mol. The zero-order chi connectivity index (χ0) is 18.4. The third-order valence-corrected chi connectivity index (χ3v) is 5.68. The number of nitrogens with one attached hydrogen (secondary N) is 2. The number of aryl methyl sites for hydroxylation is 2. The Morgan fingerprint density at radius 2 is 1.96 bits per heavy atom. The number of carbonyl (C=O) groups is 1. The first-order valence-corrected chi connectivity index (χ1v) is 9.68. The van der Waals surface area contributed by atoms with Crippen LogP contribution in [0.3, 0.4) is 0 Å². The minimum Gasteiger partial charge on any atom is -0.326 e. The summed E-state index contributed by atoms with van der Waals surface area (Å²) in [7, 11) is -3.73. The van der Waals surface area contributed by atoms with Gasteiger partial charge in [-0.05, 0) is 57.9 Å². The van der Waals surface area contributed by atoms with E-state index in [0.717, 1.165) is 11.3 Å². The maximum Gasteiger partial charge on any atom is 0.262 e. The van der Waals surface area contributed by atoms with Crippen molar-refractivity contribution >= 4 is 27.3 Å². The predicted octanol–water partition coefficient (Wildman–Crippen LogP) is 2.77. The molecule has 0 atom stereocenters. The van der Waals surface area contributed by atoms with Crippen molar-refractivity contribution in [2.24, 2.45) is 0 Å². The number of hydrogen-bond acceptors (Lipinski definition) is 4. The zero-order valence-electron chi connectivity index (χ0n) is 14.8. The van der Waals surface area contributed by atoms with Gasteiger partial charge in [0.05, 0.1) is 22.0 Å². The number of fused-ring (bicyclic) bond motifs is 1. The molecule has 0 bridgehead atoms. The second-order valence-corrected chi connectivity index (χ2v) is 8.24. The lowest BCUT2D eigenvalue weighted by Gasteiger charge is -2.18. The number of sulfonamides is 1. The highest BCUT2D eigenvalue weighted by molar-refractivity contribution is 7.92. The molecule has 1 amide bonds. The van der Waals surface area contributed by atoms with Crippen molar-refractivity contribution in [1.29, 1.82) is 0 Å². The van der Waals surface area contributed by atoms with Gasteiger partial charge in [0, 0.05) is 18.2 Å². The molecule has 1 aliphatic heterocycles. The summed E-state index contributed by atoms with van der Waals surface area (Å²) in [6, 6.07) is 4.90. The van der Waals surface area contributed by atoms with E-state index >= 15 is 0 Å². The van der Waals surface area contributed by atoms with Crippen LogP contribution in [0, 0.1) is 13.8 Å². The summed E-state index contributed by atoms with van der Waals surface area (Å²) in [5.41, 5.74) is 3.44. The van der Waals surface area contributed by atoms with E-state index in [1.54, 1.807) is 23.7 Å². The average molecular weight is 362 g/mol. The van der Waals surface area contributed by atoms with E-state index in [9.17, 15) is 13.2 Å². The number of anilines is 2. The number of nitrogens with zero attached hydrogens (tertiary/aromatic N) is 2. The summed E-state index contributed by atoms with van der Waals surface area (Å²) in [6.07, 6.45) is 0.900. The molecule has 0 radical (unpaired) electrons. The van der Waals surface area contributed by atoms with Crippen molar-refractivity contribution in [3.63, 3.8) is 0 Å². The Labute approximate surface area is 147 Å². The van der Waals surface area contributed by atoms with Gasteiger partial charge in [0.1, 0.15) is 0 Å². The van der Waals surface area contributed by atoms with Gasteiger partial charge in [-0.3, -0.25) is 14.2 Å². The number of amides is 1. The van der Waals surface area contributed by atoms with Crippen LogP contribution in [-0.4, -0.2) is 24.1 Å². The highest BCUT2D eigenvalue weighted by Crippen LogP contribution is 2.28. The SMILES string of the molecule is Cc1nn(C(C)C)c(C)c1NS(=O)(=O)c1ccc2c(c1)CCC(=O)N2. The van der Waals surface area contributed by atoms with Crippen LogP contribution in [0.5, 0.6) is 0 Å². The molecule has 3 rings (SSSR count). The van der Waals surface area contributed by atoms with Gasteiger partial charge in [-0.1, -0.05) is 0 Å². The Hall–Kier alpha value is -2.35. The molecule has 2 aromatic rings. The number of aromatic nitrogens is 2. The fourth-order valence-corrected chi connectivity index (χ4v) is 4.26. The molecule has 0 unspecified atom stereocenters. The maximum absolute atomic E-state index is 12.8. The van der Waals surface area contributed by atoms with Crippen LogP contribution in [0.25, 0.3) is 0 Å². The highest BCUT2D eigenvalue weighted by atomic mass is 32.2. The molecule has 0 spiro atoms. The van der Waals surface area contributed by atoms with E-state index in [1.807, 2.05) is 20.8 Å². The van der Waals surface area contributed by atoms with Crippen LogP contribution in [0.1, 0.15) is 43.3 Å². The average Bonchev–Trinajstić information content (AvgIpc) is 2.82. The molecule has 1 aromatic carbocycles. The van der Waals surface area contributed by atoms with Crippen LogP contribution in [0.2, 0.25) is 0 Å². The summed E-state index contributed by atoms with van der Waals surface area (Å²) in [6.45, 7) is 7.62. The molecule has 0 saturated carbocycles. The minimum atomic E-state index is -3.73. The molecule has 0 aliphatic carbocycles. The number of rotatable bonds is 4. The quantitative estimate of drug-likeness (QED) is 0.874. The van der Waals surface area contributed by atoms with Gasteiger partial charge in [-0.25, -0.2) is 8.42 Å². The van der Waals surface area contributed by atoms with Crippen molar-refractivity contribution in [2.75, 3.05) is 10.0 Å². The molecule has 8 heteroatoms. The van der Waals surface area contributed by atoms with Crippen LogP contribution in [0.4, 0.5) is 11.4 Å². The minimum absolute atomic E-state index is 0.0476. The van der Waals surface area contributed by atoms with Gasteiger partial charge in [0.15, 0.2) is 0 Å². The molecule has 0 fully saturated rings. The normalized spacial score (nSPS) is 14.4. The molecule has 1 aliphatic rings. The van der Waals surface area contributed by atoms with Crippen molar-refractivity contribution in [2.45, 2.75) is 51.5 Å². The van der Waals surface area contributed by atoms with Crippen molar-refractivity contribution in [3.8, 4) is 0 Å². The molecular formula is C17H22N4O3S. The standard InChI is InChI=1S/C17H22N4O3S/c1-10(2)21-12(4)17(11(3)19-21)20-25(23,24)14-6-7-15-13(9-14)5-8-16(22)18-15/h6-7,9-10,20H,5,8H2,1-4H3,(H,18,22). The summed E-state index contributed by atoms with van der Waals surface area (Å²) >= 11 is 0. The third kappa shape index (κ3) is 3.26. The van der Waals surface area contributed by atoms with Crippen LogP contribution < -0.4 is 10.0 Å². The van der Waals surface area contributed by atoms with E-state index in [4.69, 9.17) is 0 Å². The number of carbonyl (C=O) groups excluding carboxylic acids is 1. The van der Waals surface area contributed by atoms with Gasteiger partial charge in [-0.2, -0.15) is 5.10 Å². The zero-order valence-corrected chi connectivity index (χ0v) is 15.6. The van der Waals surface area contributed by atoms with Gasteiger partial charge in [0.2, 0.25) is 5.91 Å². The lowest BCUT2D eigenvalue weighted by molar-refractivity contribution is -0.116. The van der Waals surface area contributed by atoms with E-state index < -0.39 is 10.0 Å². The molecule has 2 heterocycles. The van der Waals surface area contributed by atoms with Gasteiger partial charge in [-0.15, -0.1) is 0 Å². The lowest BCUT2D eigenvalue weighted by atomic mass is 10.0. The van der Waals surface area contributed by atoms with Crippen molar-refractivity contribution < 1.29 is 13.2 Å². The first-order valence-electron chi connectivity index (χ1n) is 8.20. The van der Waals surface area contributed by atoms with Crippen LogP contribution >= 0.6 is 0 Å². The summed E-state index contributed by atoms with van der Waals surface area (Å²) in [5, 5.41) is 7.16. The Balaban J connectivity index is 1.95. The van der Waals surface area contributed by atoms with Gasteiger partial charge < -0.3 is 5.32 Å². The van der Waals surface area contributed by atoms with Crippen LogP contribution in [0.15, 0.2) is 23.1 Å². The van der Waals surface area contributed by atoms with E-state index in [0.29, 0.717) is 29.9 Å². The number of hydrogen-bond donors (Lipinski definition) is 2. The van der Waals surface area contributed by atoms with E-state index in [2.05, 4.69) is 15.1 Å². The smallest absolute Gasteiger partial charge is 0.262 e. The van der Waals surface area contributed by atoms with Crippen molar-refractivity contribution in [1.82, 2.24) is 9.78 Å². The first-order chi connectivity index (χ1) is 11.7. The molecule has 25 heavy (non-hydrogen) atoms. The molecule has 2 N–H and O–H groups in total.